The Balaban J connectivity index is 1.31. The van der Waals surface area contributed by atoms with Crippen LogP contribution >= 0.6 is 0 Å². The van der Waals surface area contributed by atoms with Crippen LogP contribution in [0.4, 0.5) is 16.2 Å². The van der Waals surface area contributed by atoms with E-state index in [0.717, 1.165) is 42.9 Å². The number of nitrogens with zero attached hydrogens (tertiary/aromatic N) is 3. The van der Waals surface area contributed by atoms with E-state index in [1.807, 2.05) is 69.3 Å². The van der Waals surface area contributed by atoms with Crippen molar-refractivity contribution in [2.24, 2.45) is 9.39 Å². The minimum absolute atomic E-state index is 0.0781. The lowest BCUT2D eigenvalue weighted by Crippen LogP contribution is -2.46. The van der Waals surface area contributed by atoms with Gasteiger partial charge in [-0.15, -0.1) is 4.40 Å². The average molecular weight is 557 g/mol. The lowest BCUT2D eigenvalue weighted by Gasteiger charge is -2.34. The first-order chi connectivity index (χ1) is 18.5. The number of amides is 1. The number of hydrogen-bond acceptors (Lipinski definition) is 8. The van der Waals surface area contributed by atoms with Gasteiger partial charge in [-0.3, -0.25) is 4.99 Å². The summed E-state index contributed by atoms with van der Waals surface area (Å²) in [6.45, 7) is 7.53. The summed E-state index contributed by atoms with van der Waals surface area (Å²) in [5.41, 5.74) is 2.28. The van der Waals surface area contributed by atoms with Crippen LogP contribution < -0.4 is 25.0 Å². The Bertz CT molecular complexity index is 1310. The van der Waals surface area contributed by atoms with Crippen LogP contribution in [-0.4, -0.2) is 64.6 Å². The maximum absolute atomic E-state index is 12.1. The quantitative estimate of drug-likeness (QED) is 0.475. The lowest BCUT2D eigenvalue weighted by atomic mass is 10.0. The normalized spacial score (nSPS) is 18.3. The third-order valence-electron chi connectivity index (χ3n) is 6.20. The highest BCUT2D eigenvalue weighted by Gasteiger charge is 2.27. The molecule has 1 amide bonds. The number of carbonyl (C=O) groups is 1. The molecule has 11 nitrogen and oxygen atoms in total. The van der Waals surface area contributed by atoms with Gasteiger partial charge in [0.05, 0.1) is 7.11 Å². The molecule has 3 N–H and O–H groups in total. The maximum atomic E-state index is 12.1. The Hall–Kier alpha value is -3.80. The van der Waals surface area contributed by atoms with Crippen molar-refractivity contribution in [2.45, 2.75) is 51.7 Å². The van der Waals surface area contributed by atoms with Crippen molar-refractivity contribution in [3.63, 3.8) is 0 Å². The molecule has 0 saturated carbocycles. The van der Waals surface area contributed by atoms with E-state index in [1.54, 1.807) is 7.11 Å². The third-order valence-corrected chi connectivity index (χ3v) is 7.08. The predicted molar refractivity (Wildman–Crippen MR) is 153 cm³/mol. The number of aliphatic imine (C=N–C) groups is 1. The van der Waals surface area contributed by atoms with Gasteiger partial charge in [-0.2, -0.15) is 8.42 Å². The van der Waals surface area contributed by atoms with Crippen LogP contribution in [0, 0.1) is 0 Å². The fourth-order valence-corrected chi connectivity index (χ4v) is 5.11. The number of hydrogen-bond donors (Lipinski definition) is 3. The smallest absolute Gasteiger partial charge is 0.407 e. The second-order valence-electron chi connectivity index (χ2n) is 10.4. The number of carbonyl (C=O) groups excluding carboxylic acids is 1. The second-order valence-corrected chi connectivity index (χ2v) is 11.8. The van der Waals surface area contributed by atoms with Gasteiger partial charge in [0.1, 0.15) is 11.4 Å². The van der Waals surface area contributed by atoms with E-state index in [-0.39, 0.29) is 23.8 Å². The summed E-state index contributed by atoms with van der Waals surface area (Å²) in [6, 6.07) is 15.4. The average Bonchev–Trinajstić information content (AvgIpc) is 3.17. The fraction of sp³-hybridized carbons (Fsp3) is 0.444. The van der Waals surface area contributed by atoms with Crippen LogP contribution in [0.25, 0.3) is 0 Å². The van der Waals surface area contributed by atoms with E-state index in [1.165, 1.54) is 0 Å². The molecule has 0 unspecified atom stereocenters. The Kier molecular flexibility index (Phi) is 8.63. The van der Waals surface area contributed by atoms with E-state index < -0.39 is 15.8 Å². The molecule has 4 rings (SSSR count). The van der Waals surface area contributed by atoms with Crippen molar-refractivity contribution in [2.75, 3.05) is 37.0 Å². The molecule has 2 aromatic rings. The molecule has 0 aromatic heterocycles. The molecule has 0 bridgehead atoms. The third kappa shape index (κ3) is 8.34. The SMILES string of the molecule is COc1ccc(CCN=C2NS(=O)(=O)N=C2Nc2ccc(N3CCC(NC(=O)OC(C)(C)C)CC3)cc2)cc1. The predicted octanol–water partition coefficient (Wildman–Crippen LogP) is 3.49. The second kappa shape index (κ2) is 11.9. The molecular formula is C27H36N6O5S. The van der Waals surface area contributed by atoms with Crippen molar-refractivity contribution in [3.05, 3.63) is 54.1 Å². The van der Waals surface area contributed by atoms with Crippen LogP contribution in [-0.2, 0) is 21.4 Å². The minimum atomic E-state index is -3.84. The van der Waals surface area contributed by atoms with E-state index in [9.17, 15) is 13.2 Å². The van der Waals surface area contributed by atoms with E-state index in [2.05, 4.69) is 29.6 Å². The topological polar surface area (TPSA) is 134 Å². The number of piperidine rings is 1. The monoisotopic (exact) mass is 556 g/mol. The lowest BCUT2D eigenvalue weighted by molar-refractivity contribution is 0.0497. The van der Waals surface area contributed by atoms with Gasteiger partial charge in [0, 0.05) is 37.1 Å². The highest BCUT2D eigenvalue weighted by molar-refractivity contribution is 7.89. The summed E-state index contributed by atoms with van der Waals surface area (Å²) in [5, 5.41) is 6.02. The van der Waals surface area contributed by atoms with Gasteiger partial charge in [-0.1, -0.05) is 12.1 Å². The molecule has 2 aliphatic heterocycles. The van der Waals surface area contributed by atoms with Crippen molar-refractivity contribution < 1.29 is 22.7 Å². The molecule has 0 atom stereocenters. The number of alkyl carbamates (subject to hydrolysis) is 1. The molecule has 1 fully saturated rings. The Labute approximate surface area is 229 Å². The first kappa shape index (κ1) is 28.2. The van der Waals surface area contributed by atoms with Crippen LogP contribution in [0.3, 0.4) is 0 Å². The van der Waals surface area contributed by atoms with Crippen LogP contribution in [0.5, 0.6) is 5.75 Å². The van der Waals surface area contributed by atoms with E-state index in [4.69, 9.17) is 9.47 Å². The number of ether oxygens (including phenoxy) is 2. The van der Waals surface area contributed by atoms with Crippen molar-refractivity contribution >= 4 is 39.3 Å². The number of nitrogens with one attached hydrogen (secondary N) is 3. The Morgan fingerprint density at radius 3 is 2.38 bits per heavy atom. The molecule has 2 aliphatic rings. The molecule has 0 radical (unpaired) electrons. The van der Waals surface area contributed by atoms with Gasteiger partial charge in [-0.05, 0) is 82.0 Å². The standard InChI is InChI=1S/C27H36N6O5S/c1-27(2,3)38-26(34)30-21-14-17-33(18-15-21)22-9-7-20(8-10-22)29-25-24(31-39(35,36)32-25)28-16-13-19-5-11-23(37-4)12-6-19/h5-12,21H,13-18H2,1-4H3,(H,28,31)(H,29,32)(H,30,34). The molecule has 1 saturated heterocycles. The fourth-order valence-electron chi connectivity index (χ4n) is 4.28. The molecule has 39 heavy (non-hydrogen) atoms. The van der Waals surface area contributed by atoms with Crippen molar-refractivity contribution in [1.29, 1.82) is 0 Å². The van der Waals surface area contributed by atoms with E-state index >= 15 is 0 Å². The Morgan fingerprint density at radius 1 is 1.10 bits per heavy atom. The molecule has 2 heterocycles. The highest BCUT2D eigenvalue weighted by atomic mass is 32.2. The molecule has 0 aliphatic carbocycles. The van der Waals surface area contributed by atoms with Gasteiger partial charge in [0.25, 0.3) is 0 Å². The molecule has 12 heteroatoms. The summed E-state index contributed by atoms with van der Waals surface area (Å²) < 4.78 is 40.9. The first-order valence-electron chi connectivity index (χ1n) is 12.9. The minimum Gasteiger partial charge on any atom is -0.497 e. The zero-order valence-electron chi connectivity index (χ0n) is 22.7. The molecule has 210 valence electrons. The number of methoxy groups -OCH3 is 1. The van der Waals surface area contributed by atoms with Crippen molar-refractivity contribution in [3.8, 4) is 5.75 Å². The molecule has 2 aromatic carbocycles. The van der Waals surface area contributed by atoms with E-state index in [0.29, 0.717) is 18.7 Å². The van der Waals surface area contributed by atoms with Gasteiger partial charge < -0.3 is 25.0 Å². The Morgan fingerprint density at radius 2 is 1.77 bits per heavy atom. The van der Waals surface area contributed by atoms with Crippen LogP contribution in [0.2, 0.25) is 0 Å². The van der Waals surface area contributed by atoms with Gasteiger partial charge >= 0.3 is 16.3 Å². The summed E-state index contributed by atoms with van der Waals surface area (Å²) in [6.07, 6.45) is 1.89. The zero-order chi connectivity index (χ0) is 28.0. The van der Waals surface area contributed by atoms with Crippen LogP contribution in [0.15, 0.2) is 57.9 Å². The number of benzene rings is 2. The maximum Gasteiger partial charge on any atom is 0.407 e. The van der Waals surface area contributed by atoms with Crippen LogP contribution in [0.1, 0.15) is 39.2 Å². The van der Waals surface area contributed by atoms with Gasteiger partial charge in [0.2, 0.25) is 0 Å². The number of amidine groups is 2. The first-order valence-corrected chi connectivity index (χ1v) is 14.4. The highest BCUT2D eigenvalue weighted by Crippen LogP contribution is 2.23. The summed E-state index contributed by atoms with van der Waals surface area (Å²) in [4.78, 5) is 18.7. The largest absolute Gasteiger partial charge is 0.497 e. The number of anilines is 2. The molecular weight excluding hydrogens is 520 g/mol. The molecule has 0 spiro atoms. The summed E-state index contributed by atoms with van der Waals surface area (Å²) >= 11 is 0. The summed E-state index contributed by atoms with van der Waals surface area (Å²) in [7, 11) is -2.22. The zero-order valence-corrected chi connectivity index (χ0v) is 23.5. The number of rotatable bonds is 7. The van der Waals surface area contributed by atoms with Gasteiger partial charge in [0.15, 0.2) is 11.7 Å². The summed E-state index contributed by atoms with van der Waals surface area (Å²) in [5.74, 6) is 1.12. The van der Waals surface area contributed by atoms with Crippen molar-refractivity contribution in [1.82, 2.24) is 10.0 Å². The van der Waals surface area contributed by atoms with Gasteiger partial charge in [-0.25, -0.2) is 9.52 Å².